The van der Waals surface area contributed by atoms with Gasteiger partial charge >= 0.3 is 0 Å². The van der Waals surface area contributed by atoms with Gasteiger partial charge in [-0.05, 0) is 74.4 Å². The van der Waals surface area contributed by atoms with Gasteiger partial charge in [-0.15, -0.1) is 0 Å². The molecular formula is C24H28N4OS. The van der Waals surface area contributed by atoms with Gasteiger partial charge in [0.15, 0.2) is 5.11 Å². The number of rotatable bonds is 6. The SMILES string of the molecule is COCCN1C(=S)NC(c2ccccn2)C1c1cc(C)n(-c2cccc(C)c2)c1C. The molecule has 1 saturated heterocycles. The summed E-state index contributed by atoms with van der Waals surface area (Å²) in [5.41, 5.74) is 7.11. The average molecular weight is 421 g/mol. The molecule has 0 amide bonds. The zero-order valence-electron chi connectivity index (χ0n) is 17.9. The maximum absolute atomic E-state index is 5.73. The molecule has 1 aliphatic heterocycles. The number of benzene rings is 1. The van der Waals surface area contributed by atoms with Crippen LogP contribution >= 0.6 is 12.2 Å². The first-order valence-electron chi connectivity index (χ1n) is 10.2. The molecule has 30 heavy (non-hydrogen) atoms. The molecule has 0 aliphatic carbocycles. The van der Waals surface area contributed by atoms with E-state index in [-0.39, 0.29) is 12.1 Å². The zero-order valence-corrected chi connectivity index (χ0v) is 18.7. The number of ether oxygens (including phenoxy) is 1. The van der Waals surface area contributed by atoms with Gasteiger partial charge in [0.25, 0.3) is 0 Å². The van der Waals surface area contributed by atoms with Crippen LogP contribution in [0.2, 0.25) is 0 Å². The summed E-state index contributed by atoms with van der Waals surface area (Å²) < 4.78 is 7.70. The predicted octanol–water partition coefficient (Wildman–Crippen LogP) is 4.42. The molecule has 1 aromatic carbocycles. The van der Waals surface area contributed by atoms with Crippen molar-refractivity contribution in [3.8, 4) is 5.69 Å². The predicted molar refractivity (Wildman–Crippen MR) is 124 cm³/mol. The Morgan fingerprint density at radius 3 is 2.63 bits per heavy atom. The molecule has 1 N–H and O–H groups in total. The van der Waals surface area contributed by atoms with Crippen molar-refractivity contribution < 1.29 is 4.74 Å². The summed E-state index contributed by atoms with van der Waals surface area (Å²) >= 11 is 5.73. The second-order valence-corrected chi connectivity index (χ2v) is 8.20. The number of aromatic nitrogens is 2. The third kappa shape index (κ3) is 3.73. The van der Waals surface area contributed by atoms with Gasteiger partial charge in [0.2, 0.25) is 0 Å². The van der Waals surface area contributed by atoms with Crippen molar-refractivity contribution in [3.05, 3.63) is 82.9 Å². The van der Waals surface area contributed by atoms with Gasteiger partial charge in [0.1, 0.15) is 0 Å². The number of nitrogens with one attached hydrogen (secondary N) is 1. The Balaban J connectivity index is 1.82. The van der Waals surface area contributed by atoms with Crippen molar-refractivity contribution in [3.63, 3.8) is 0 Å². The molecule has 0 saturated carbocycles. The molecule has 2 aromatic heterocycles. The summed E-state index contributed by atoms with van der Waals surface area (Å²) in [4.78, 5) is 6.86. The maximum Gasteiger partial charge on any atom is 0.170 e. The molecule has 0 spiro atoms. The Labute approximate surface area is 183 Å². The van der Waals surface area contributed by atoms with Crippen molar-refractivity contribution in [2.24, 2.45) is 0 Å². The number of methoxy groups -OCH3 is 1. The van der Waals surface area contributed by atoms with E-state index >= 15 is 0 Å². The molecule has 156 valence electrons. The van der Waals surface area contributed by atoms with Crippen LogP contribution in [0.4, 0.5) is 0 Å². The van der Waals surface area contributed by atoms with Gasteiger partial charge < -0.3 is 19.5 Å². The number of nitrogens with zero attached hydrogens (tertiary/aromatic N) is 3. The van der Waals surface area contributed by atoms with Crippen molar-refractivity contribution in [1.82, 2.24) is 19.8 Å². The van der Waals surface area contributed by atoms with Crippen LogP contribution in [-0.2, 0) is 4.74 Å². The number of thiocarbonyl (C=S) groups is 1. The molecule has 3 aromatic rings. The van der Waals surface area contributed by atoms with Crippen LogP contribution in [0.5, 0.6) is 0 Å². The second kappa shape index (κ2) is 8.58. The lowest BCUT2D eigenvalue weighted by Gasteiger charge is -2.28. The van der Waals surface area contributed by atoms with E-state index in [0.717, 1.165) is 17.4 Å². The monoisotopic (exact) mass is 420 g/mol. The summed E-state index contributed by atoms with van der Waals surface area (Å²) in [6, 6.07) is 17.0. The van der Waals surface area contributed by atoms with Crippen molar-refractivity contribution in [2.45, 2.75) is 32.9 Å². The summed E-state index contributed by atoms with van der Waals surface area (Å²) in [6.45, 7) is 7.82. The first-order chi connectivity index (χ1) is 14.5. The second-order valence-electron chi connectivity index (χ2n) is 7.81. The molecule has 2 unspecified atom stereocenters. The summed E-state index contributed by atoms with van der Waals surface area (Å²) in [5, 5.41) is 4.26. The molecule has 1 aliphatic rings. The molecule has 2 atom stereocenters. The smallest absolute Gasteiger partial charge is 0.170 e. The zero-order chi connectivity index (χ0) is 21.3. The minimum absolute atomic E-state index is 0.0120. The van der Waals surface area contributed by atoms with Gasteiger partial charge in [-0.25, -0.2) is 0 Å². The lowest BCUT2D eigenvalue weighted by molar-refractivity contribution is 0.164. The highest BCUT2D eigenvalue weighted by atomic mass is 32.1. The number of hydrogen-bond donors (Lipinski definition) is 1. The van der Waals surface area contributed by atoms with Crippen LogP contribution in [0.1, 0.15) is 40.3 Å². The quantitative estimate of drug-likeness (QED) is 0.598. The Morgan fingerprint density at radius 1 is 1.10 bits per heavy atom. The summed E-state index contributed by atoms with van der Waals surface area (Å²) in [7, 11) is 1.72. The number of hydrogen-bond acceptors (Lipinski definition) is 3. The highest BCUT2D eigenvalue weighted by Crippen LogP contribution is 2.41. The van der Waals surface area contributed by atoms with E-state index in [0.29, 0.717) is 6.61 Å². The van der Waals surface area contributed by atoms with Crippen LogP contribution in [-0.4, -0.2) is 39.8 Å². The molecule has 3 heterocycles. The van der Waals surface area contributed by atoms with Crippen LogP contribution in [0.3, 0.4) is 0 Å². The number of pyridine rings is 1. The van der Waals surface area contributed by atoms with Crippen molar-refractivity contribution >= 4 is 17.3 Å². The van der Waals surface area contributed by atoms with Crippen molar-refractivity contribution in [1.29, 1.82) is 0 Å². The average Bonchev–Trinajstić information content (AvgIpc) is 3.22. The van der Waals surface area contributed by atoms with E-state index in [1.807, 2.05) is 18.3 Å². The Hall–Kier alpha value is -2.70. The topological polar surface area (TPSA) is 42.3 Å². The molecule has 6 heteroatoms. The van der Waals surface area contributed by atoms with E-state index in [1.54, 1.807) is 7.11 Å². The van der Waals surface area contributed by atoms with Crippen LogP contribution in [0.25, 0.3) is 5.69 Å². The summed E-state index contributed by atoms with van der Waals surface area (Å²) in [6.07, 6.45) is 1.84. The molecule has 1 fully saturated rings. The third-order valence-corrected chi connectivity index (χ3v) is 6.14. The first-order valence-corrected chi connectivity index (χ1v) is 10.6. The fourth-order valence-electron chi connectivity index (χ4n) is 4.43. The molecule has 0 radical (unpaired) electrons. The molecule has 5 nitrogen and oxygen atoms in total. The fourth-order valence-corrected chi connectivity index (χ4v) is 4.76. The number of aryl methyl sites for hydroxylation is 2. The van der Waals surface area contributed by atoms with Crippen LogP contribution in [0, 0.1) is 20.8 Å². The fraction of sp³-hybridized carbons (Fsp3) is 0.333. The van der Waals surface area contributed by atoms with Gasteiger partial charge in [-0.3, -0.25) is 4.98 Å². The maximum atomic E-state index is 5.73. The molecule has 0 bridgehead atoms. The lowest BCUT2D eigenvalue weighted by atomic mass is 9.97. The van der Waals surface area contributed by atoms with Gasteiger partial charge in [-0.1, -0.05) is 18.2 Å². The first kappa shape index (κ1) is 20.6. The highest BCUT2D eigenvalue weighted by molar-refractivity contribution is 7.80. The van der Waals surface area contributed by atoms with Gasteiger partial charge in [0, 0.05) is 36.9 Å². The molecular weight excluding hydrogens is 392 g/mol. The Bertz CT molecular complexity index is 1050. The normalized spacial score (nSPS) is 18.7. The van der Waals surface area contributed by atoms with Crippen LogP contribution < -0.4 is 5.32 Å². The standard InChI is InChI=1S/C24H28N4OS/c1-16-8-7-9-19(14-16)28-17(2)15-20(18(28)3)23-22(21-10-5-6-11-25-21)26-24(30)27(23)12-13-29-4/h5-11,14-15,22-23H,12-13H2,1-4H3,(H,26,30). The van der Waals surface area contributed by atoms with Crippen molar-refractivity contribution in [2.75, 3.05) is 20.3 Å². The van der Waals surface area contributed by atoms with Gasteiger partial charge in [0.05, 0.1) is 24.4 Å². The third-order valence-electron chi connectivity index (χ3n) is 5.78. The van der Waals surface area contributed by atoms with E-state index in [9.17, 15) is 0 Å². The lowest BCUT2D eigenvalue weighted by Crippen LogP contribution is -2.32. The summed E-state index contributed by atoms with van der Waals surface area (Å²) in [5.74, 6) is 0. The van der Waals surface area contributed by atoms with E-state index in [1.165, 1.54) is 28.2 Å². The van der Waals surface area contributed by atoms with Gasteiger partial charge in [-0.2, -0.15) is 0 Å². The Morgan fingerprint density at radius 2 is 1.93 bits per heavy atom. The highest BCUT2D eigenvalue weighted by Gasteiger charge is 2.41. The van der Waals surface area contributed by atoms with E-state index in [4.69, 9.17) is 17.0 Å². The van der Waals surface area contributed by atoms with E-state index < -0.39 is 0 Å². The van der Waals surface area contributed by atoms with E-state index in [2.05, 4.69) is 76.9 Å². The minimum Gasteiger partial charge on any atom is -0.383 e. The van der Waals surface area contributed by atoms with Crippen LogP contribution in [0.15, 0.2) is 54.7 Å². The Kier molecular flexibility index (Phi) is 5.88. The molecule has 4 rings (SSSR count). The largest absolute Gasteiger partial charge is 0.383 e. The minimum atomic E-state index is -0.0120.